The number of hydrogen-bond donors (Lipinski definition) is 0. The van der Waals surface area contributed by atoms with Crippen LogP contribution in [0.25, 0.3) is 0 Å². The van der Waals surface area contributed by atoms with Crippen molar-refractivity contribution in [2.24, 2.45) is 33.5 Å². The summed E-state index contributed by atoms with van der Waals surface area (Å²) in [6, 6.07) is 0.746. The Bertz CT molecular complexity index is 1780. The second-order valence-corrected chi connectivity index (χ2v) is 22.5. The van der Waals surface area contributed by atoms with E-state index in [1.807, 2.05) is 11.8 Å². The maximum Gasteiger partial charge on any atom is 0.0556 e. The first-order chi connectivity index (χ1) is 25.8. The molecule has 0 N–H and O–H groups in total. The molecule has 6 aliphatic carbocycles. The molecule has 0 aromatic rings. The Balaban J connectivity index is 1.19. The Morgan fingerprint density at radius 1 is 0.491 bits per heavy atom. The van der Waals surface area contributed by atoms with Crippen molar-refractivity contribution < 1.29 is 0 Å². The van der Waals surface area contributed by atoms with E-state index in [0.29, 0.717) is 23.4 Å². The van der Waals surface area contributed by atoms with Crippen LogP contribution in [0.5, 0.6) is 0 Å². The second-order valence-electron chi connectivity index (χ2n) is 21.3. The van der Waals surface area contributed by atoms with Crippen LogP contribution in [0.2, 0.25) is 0 Å². The van der Waals surface area contributed by atoms with Gasteiger partial charge in [-0.3, -0.25) is 0 Å². The molecule has 298 valence electrons. The molecule has 3 heteroatoms. The largest absolute Gasteiger partial charge is 0.342 e. The molecule has 0 fully saturated rings. The first kappa shape index (κ1) is 41.7. The number of thioether (sulfide) groups is 1. The van der Waals surface area contributed by atoms with Gasteiger partial charge in [-0.15, -0.1) is 0 Å². The monoisotopic (exact) mass is 759 g/mol. The minimum atomic E-state index is 0.181. The van der Waals surface area contributed by atoms with E-state index in [2.05, 4.69) is 178 Å². The summed E-state index contributed by atoms with van der Waals surface area (Å²) in [5.41, 5.74) is 9.80. The van der Waals surface area contributed by atoms with Crippen LogP contribution >= 0.6 is 11.8 Å². The molecule has 0 saturated carbocycles. The molecule has 6 aliphatic rings. The van der Waals surface area contributed by atoms with Gasteiger partial charge in [0.05, 0.1) is 12.1 Å². The predicted octanol–water partition coefficient (Wildman–Crippen LogP) is 15.3. The Hall–Kier alpha value is -2.91. The quantitative estimate of drug-likeness (QED) is 0.243. The van der Waals surface area contributed by atoms with E-state index >= 15 is 0 Å². The van der Waals surface area contributed by atoms with Crippen LogP contribution in [0.3, 0.4) is 0 Å². The lowest BCUT2D eigenvalue weighted by Gasteiger charge is -2.42. The molecular formula is C52H74N2S. The second kappa shape index (κ2) is 16.5. The first-order valence-corrected chi connectivity index (χ1v) is 22.5. The fourth-order valence-corrected chi connectivity index (χ4v) is 10.1. The van der Waals surface area contributed by atoms with Crippen molar-refractivity contribution in [3.63, 3.8) is 0 Å². The topological polar surface area (TPSA) is 6.48 Å². The zero-order chi connectivity index (χ0) is 39.8. The van der Waals surface area contributed by atoms with Crippen molar-refractivity contribution in [2.45, 2.75) is 159 Å². The lowest BCUT2D eigenvalue weighted by Crippen LogP contribution is -2.36. The highest BCUT2D eigenvalue weighted by molar-refractivity contribution is 8.06. The number of allylic oxidation sites excluding steroid dienone is 17. The minimum Gasteiger partial charge on any atom is -0.342 e. The van der Waals surface area contributed by atoms with Gasteiger partial charge in [-0.1, -0.05) is 162 Å². The summed E-state index contributed by atoms with van der Waals surface area (Å²) in [4.78, 5) is 8.40. The van der Waals surface area contributed by atoms with Gasteiger partial charge in [-0.05, 0) is 137 Å². The lowest BCUT2D eigenvalue weighted by molar-refractivity contribution is 0.206. The van der Waals surface area contributed by atoms with Gasteiger partial charge in [0, 0.05) is 22.8 Å². The number of hydrogen-bond acceptors (Lipinski definition) is 3. The summed E-state index contributed by atoms with van der Waals surface area (Å²) in [5.74, 6) is 1.34. The van der Waals surface area contributed by atoms with Crippen LogP contribution in [0.4, 0.5) is 0 Å². The number of rotatable bonds is 8. The molecule has 0 saturated heterocycles. The Morgan fingerprint density at radius 3 is 1.42 bits per heavy atom. The molecule has 0 aromatic carbocycles. The normalized spacial score (nSPS) is 26.5. The average Bonchev–Trinajstić information content (AvgIpc) is 3.13. The maximum atomic E-state index is 2.74. The third kappa shape index (κ3) is 10.3. The third-order valence-electron chi connectivity index (χ3n) is 13.0. The molecule has 0 bridgehead atoms. The molecule has 2 nitrogen and oxygen atoms in total. The van der Waals surface area contributed by atoms with E-state index in [0.717, 1.165) is 50.9 Å². The molecular weight excluding hydrogens is 685 g/mol. The van der Waals surface area contributed by atoms with Crippen molar-refractivity contribution in [1.82, 2.24) is 9.80 Å². The summed E-state index contributed by atoms with van der Waals surface area (Å²) in [5, 5.41) is 0. The van der Waals surface area contributed by atoms with Crippen molar-refractivity contribution in [3.05, 3.63) is 129 Å². The summed E-state index contributed by atoms with van der Waals surface area (Å²) in [6.45, 7) is 28.3. The van der Waals surface area contributed by atoms with Crippen molar-refractivity contribution in [3.8, 4) is 0 Å². The Labute approximate surface area is 341 Å². The van der Waals surface area contributed by atoms with Crippen molar-refractivity contribution in [1.29, 1.82) is 0 Å². The molecule has 6 rings (SSSR count). The van der Waals surface area contributed by atoms with Gasteiger partial charge in [0.1, 0.15) is 0 Å². The van der Waals surface area contributed by atoms with E-state index in [1.54, 1.807) is 5.70 Å². The van der Waals surface area contributed by atoms with Gasteiger partial charge in [0.15, 0.2) is 0 Å². The van der Waals surface area contributed by atoms with Gasteiger partial charge in [0.2, 0.25) is 0 Å². The van der Waals surface area contributed by atoms with E-state index in [-0.39, 0.29) is 16.2 Å². The van der Waals surface area contributed by atoms with Crippen molar-refractivity contribution >= 4 is 11.8 Å². The number of nitrogens with zero attached hydrogens (tertiary/aromatic N) is 2. The summed E-state index contributed by atoms with van der Waals surface area (Å²) in [6.07, 6.45) is 45.8. The molecule has 55 heavy (non-hydrogen) atoms. The fourth-order valence-electron chi connectivity index (χ4n) is 9.10. The Kier molecular flexibility index (Phi) is 12.5. The molecule has 0 aliphatic heterocycles. The van der Waals surface area contributed by atoms with E-state index < -0.39 is 0 Å². The molecule has 4 atom stereocenters. The highest BCUT2D eigenvalue weighted by Gasteiger charge is 2.33. The van der Waals surface area contributed by atoms with E-state index in [1.165, 1.54) is 57.3 Å². The fraction of sp³-hybridized carbons (Fsp3) is 0.577. The van der Waals surface area contributed by atoms with Gasteiger partial charge in [0.25, 0.3) is 0 Å². The summed E-state index contributed by atoms with van der Waals surface area (Å²) in [7, 11) is 0. The molecule has 0 radical (unpaired) electrons. The minimum absolute atomic E-state index is 0.181. The average molecular weight is 759 g/mol. The zero-order valence-electron chi connectivity index (χ0n) is 36.8. The maximum absolute atomic E-state index is 2.74. The summed E-state index contributed by atoms with van der Waals surface area (Å²) < 4.78 is 0. The highest BCUT2D eigenvalue weighted by Crippen LogP contribution is 2.45. The molecule has 4 unspecified atom stereocenters. The lowest BCUT2D eigenvalue weighted by atomic mass is 9.73. The van der Waals surface area contributed by atoms with Crippen LogP contribution in [0.15, 0.2) is 129 Å². The zero-order valence-corrected chi connectivity index (χ0v) is 37.6. The molecule has 0 amide bonds. The van der Waals surface area contributed by atoms with Gasteiger partial charge in [-0.25, -0.2) is 0 Å². The van der Waals surface area contributed by atoms with E-state index in [9.17, 15) is 0 Å². The standard InChI is InChI=1S/C52H74N2S/c1-49(2,3)37-13-21-41(22-14-37)53(42-23-15-38(16-24-42)50(4,5)6)45-29-33-47(34-30-45)55-48-35-31-46(32-36-48)54(43-25-17-39(18-26-43)51(7,8)9)44-27-19-40(20-28-44)52(10,11)12/h13-15,17-18,21,23-25,27,29,31,33,35,38,40-41,43H,16,19-20,22,26,28,30,32,34,36H2,1-12H3. The summed E-state index contributed by atoms with van der Waals surface area (Å²) >= 11 is 2.03. The van der Waals surface area contributed by atoms with Crippen LogP contribution in [0, 0.1) is 33.5 Å². The van der Waals surface area contributed by atoms with Crippen LogP contribution in [-0.2, 0) is 0 Å². The van der Waals surface area contributed by atoms with Crippen molar-refractivity contribution in [2.75, 3.05) is 0 Å². The Morgan fingerprint density at radius 2 is 1.04 bits per heavy atom. The van der Waals surface area contributed by atoms with Crippen LogP contribution in [0.1, 0.15) is 147 Å². The van der Waals surface area contributed by atoms with Crippen LogP contribution < -0.4 is 0 Å². The molecule has 0 aromatic heterocycles. The SMILES string of the molecule is CC(C)(C)C1=CCC(N(C2=CCC(C(C)(C)C)C=C2)C2=CC=C(SC3=CC=C(N(C4=CCC(C(C)(C)C)CC4)C4C=CC(C(C)(C)C)=CC4)CC3)CC2)C=C1. The van der Waals surface area contributed by atoms with Crippen LogP contribution in [-0.4, -0.2) is 21.9 Å². The third-order valence-corrected chi connectivity index (χ3v) is 14.2. The smallest absolute Gasteiger partial charge is 0.0556 e. The molecule has 0 heterocycles. The van der Waals surface area contributed by atoms with Gasteiger partial charge in [-0.2, -0.15) is 0 Å². The highest BCUT2D eigenvalue weighted by atomic mass is 32.2. The predicted molar refractivity (Wildman–Crippen MR) is 242 cm³/mol. The molecule has 0 spiro atoms. The first-order valence-electron chi connectivity index (χ1n) is 21.7. The van der Waals surface area contributed by atoms with Gasteiger partial charge < -0.3 is 9.80 Å². The van der Waals surface area contributed by atoms with E-state index in [4.69, 9.17) is 0 Å². The van der Waals surface area contributed by atoms with Gasteiger partial charge >= 0.3 is 0 Å².